The van der Waals surface area contributed by atoms with Crippen molar-refractivity contribution in [3.8, 4) is 11.8 Å². The summed E-state index contributed by atoms with van der Waals surface area (Å²) in [7, 11) is 1.31. The van der Waals surface area contributed by atoms with E-state index in [4.69, 9.17) is 4.79 Å². The number of hydrogen-bond acceptors (Lipinski definition) is 5. The van der Waals surface area contributed by atoms with Crippen LogP contribution in [0.15, 0.2) is 127 Å². The third-order valence-electron chi connectivity index (χ3n) is 6.15. The summed E-state index contributed by atoms with van der Waals surface area (Å²) in [6, 6.07) is 27.0. The lowest BCUT2D eigenvalue weighted by Crippen LogP contribution is -2.44. The SMILES string of the molecule is C.C=C/C=C\C=C(C)C.CC(CNC(=O)CNC(C)c1ccccc1)NC(=O)c1ccc(C#C/C=C/c2ccccc2)cc1.COC=O. The largest absolute Gasteiger partial charge is 0.471 e. The molecule has 3 N–H and O–H groups in total. The van der Waals surface area contributed by atoms with Crippen LogP contribution in [0.1, 0.15) is 68.2 Å². The van der Waals surface area contributed by atoms with E-state index in [2.05, 4.69) is 53.0 Å². The van der Waals surface area contributed by atoms with Gasteiger partial charge in [-0.3, -0.25) is 14.4 Å². The number of rotatable bonds is 12. The number of allylic oxidation sites excluding steroid dienone is 6. The summed E-state index contributed by atoms with van der Waals surface area (Å²) < 4.78 is 3.86. The van der Waals surface area contributed by atoms with Crippen molar-refractivity contribution in [1.82, 2.24) is 16.0 Å². The summed E-state index contributed by atoms with van der Waals surface area (Å²) >= 11 is 0. The lowest BCUT2D eigenvalue weighted by Gasteiger charge is -2.17. The van der Waals surface area contributed by atoms with Crippen molar-refractivity contribution in [3.05, 3.63) is 150 Å². The number of nitrogens with one attached hydrogen (secondary N) is 3. The van der Waals surface area contributed by atoms with Crippen LogP contribution < -0.4 is 16.0 Å². The zero-order chi connectivity index (χ0) is 34.7. The van der Waals surface area contributed by atoms with Crippen molar-refractivity contribution in [2.24, 2.45) is 0 Å². The Morgan fingerprint density at radius 1 is 0.917 bits per heavy atom. The molecular weight excluding hydrogens is 598 g/mol. The number of ether oxygens (including phenoxy) is 1. The molecule has 2 amide bonds. The Labute approximate surface area is 287 Å². The number of benzene rings is 3. The highest BCUT2D eigenvalue weighted by Crippen LogP contribution is 2.10. The molecule has 0 aliphatic heterocycles. The first kappa shape index (κ1) is 42.6. The van der Waals surface area contributed by atoms with E-state index in [0.717, 1.165) is 16.7 Å². The summed E-state index contributed by atoms with van der Waals surface area (Å²) in [5.74, 6) is 5.77. The second-order valence-electron chi connectivity index (χ2n) is 10.5. The molecule has 0 saturated carbocycles. The molecule has 254 valence electrons. The average Bonchev–Trinajstić information content (AvgIpc) is 3.09. The Hall–Kier alpha value is -5.45. The standard InChI is InChI=1S/C30H31N3O2.C8H12.C2H4O2.CH4/c1-23(21-32-29(34)22-31-24(2)27-15-7-4-8-16-27)33-30(35)28-19-17-26(18-20-28)14-10-9-13-25-11-5-3-6-12-25;1-4-5-6-7-8(2)3;1-4-2-3;/h3-9,11-13,15-20,23-24,31H,21-22H2,1-2H3,(H,32,34)(H,33,35);4-7H,1H2,2-3H3;2H,1H3;1H4/b13-9+;6-5-;;. The second-order valence-corrected chi connectivity index (χ2v) is 10.5. The zero-order valence-corrected chi connectivity index (χ0v) is 28.0. The maximum atomic E-state index is 12.5. The van der Waals surface area contributed by atoms with Gasteiger partial charge in [0.2, 0.25) is 5.91 Å². The highest BCUT2D eigenvalue weighted by atomic mass is 16.5. The minimum Gasteiger partial charge on any atom is -0.471 e. The molecule has 3 aromatic rings. The smallest absolute Gasteiger partial charge is 0.292 e. The van der Waals surface area contributed by atoms with Crippen molar-refractivity contribution in [1.29, 1.82) is 0 Å². The van der Waals surface area contributed by atoms with E-state index in [9.17, 15) is 9.59 Å². The van der Waals surface area contributed by atoms with Crippen molar-refractivity contribution in [2.45, 2.75) is 47.2 Å². The molecule has 0 heterocycles. The van der Waals surface area contributed by atoms with Crippen LogP contribution in [0.3, 0.4) is 0 Å². The fourth-order valence-electron chi connectivity index (χ4n) is 3.65. The van der Waals surface area contributed by atoms with Gasteiger partial charge in [-0.15, -0.1) is 0 Å². The monoisotopic (exact) mass is 649 g/mol. The van der Waals surface area contributed by atoms with E-state index < -0.39 is 0 Å². The van der Waals surface area contributed by atoms with E-state index in [1.54, 1.807) is 18.2 Å². The Bertz CT molecular complexity index is 1500. The fraction of sp³-hybridized carbons (Fsp3) is 0.244. The quantitative estimate of drug-likeness (QED) is 0.108. The number of carbonyl (C=O) groups is 3. The van der Waals surface area contributed by atoms with Gasteiger partial charge in [0.15, 0.2) is 0 Å². The second kappa shape index (κ2) is 26.7. The van der Waals surface area contributed by atoms with Gasteiger partial charge in [-0.2, -0.15) is 0 Å². The number of hydrogen-bond donors (Lipinski definition) is 3. The highest BCUT2D eigenvalue weighted by molar-refractivity contribution is 5.94. The minimum atomic E-state index is -0.208. The molecule has 0 spiro atoms. The van der Waals surface area contributed by atoms with E-state index in [1.165, 1.54) is 12.7 Å². The van der Waals surface area contributed by atoms with Gasteiger partial charge < -0.3 is 20.7 Å². The van der Waals surface area contributed by atoms with Crippen LogP contribution in [-0.4, -0.2) is 44.5 Å². The minimum absolute atomic E-state index is 0. The van der Waals surface area contributed by atoms with Crippen LogP contribution in [0, 0.1) is 11.8 Å². The molecule has 0 saturated heterocycles. The number of carbonyl (C=O) groups excluding carboxylic acids is 3. The molecule has 7 nitrogen and oxygen atoms in total. The molecule has 0 radical (unpaired) electrons. The molecule has 3 aromatic carbocycles. The average molecular weight is 650 g/mol. The first-order chi connectivity index (χ1) is 22.7. The Kier molecular flexibility index (Phi) is 23.7. The molecule has 2 atom stereocenters. The number of amides is 2. The first-order valence-corrected chi connectivity index (χ1v) is 15.3. The lowest BCUT2D eigenvalue weighted by atomic mass is 10.1. The molecule has 3 rings (SSSR count). The van der Waals surface area contributed by atoms with E-state index in [1.807, 2.05) is 117 Å². The van der Waals surface area contributed by atoms with Gasteiger partial charge in [0, 0.05) is 29.8 Å². The van der Waals surface area contributed by atoms with Gasteiger partial charge in [0.05, 0.1) is 13.7 Å². The predicted octanol–water partition coefficient (Wildman–Crippen LogP) is 7.46. The van der Waals surface area contributed by atoms with Gasteiger partial charge in [-0.05, 0) is 75.2 Å². The molecule has 2 unspecified atom stereocenters. The van der Waals surface area contributed by atoms with E-state index >= 15 is 0 Å². The topological polar surface area (TPSA) is 96.5 Å². The maximum Gasteiger partial charge on any atom is 0.292 e. The third kappa shape index (κ3) is 20.6. The van der Waals surface area contributed by atoms with Gasteiger partial charge in [-0.1, -0.05) is 116 Å². The van der Waals surface area contributed by atoms with Crippen LogP contribution in [0.5, 0.6) is 0 Å². The summed E-state index contributed by atoms with van der Waals surface area (Å²) in [6.45, 7) is 12.5. The highest BCUT2D eigenvalue weighted by Gasteiger charge is 2.12. The molecule has 0 aromatic heterocycles. The molecule has 0 bridgehead atoms. The summed E-state index contributed by atoms with van der Waals surface area (Å²) in [6.07, 6.45) is 11.5. The summed E-state index contributed by atoms with van der Waals surface area (Å²) in [5, 5.41) is 8.97. The molecule has 0 aliphatic carbocycles. The van der Waals surface area contributed by atoms with Crippen LogP contribution in [0.4, 0.5) is 0 Å². The van der Waals surface area contributed by atoms with Crippen LogP contribution in [0.25, 0.3) is 6.08 Å². The van der Waals surface area contributed by atoms with E-state index in [-0.39, 0.29) is 37.9 Å². The Morgan fingerprint density at radius 3 is 2.08 bits per heavy atom. The van der Waals surface area contributed by atoms with Gasteiger partial charge in [-0.25, -0.2) is 0 Å². The van der Waals surface area contributed by atoms with Crippen LogP contribution in [-0.2, 0) is 14.3 Å². The van der Waals surface area contributed by atoms with E-state index in [0.29, 0.717) is 18.6 Å². The van der Waals surface area contributed by atoms with Crippen LogP contribution in [0.2, 0.25) is 0 Å². The molecular formula is C41H51N3O4. The normalized spacial score (nSPS) is 10.9. The fourth-order valence-corrected chi connectivity index (χ4v) is 3.65. The third-order valence-corrected chi connectivity index (χ3v) is 6.15. The van der Waals surface area contributed by atoms with Crippen molar-refractivity contribution in [2.75, 3.05) is 20.2 Å². The van der Waals surface area contributed by atoms with Crippen molar-refractivity contribution >= 4 is 24.4 Å². The molecule has 48 heavy (non-hydrogen) atoms. The van der Waals surface area contributed by atoms with Gasteiger partial charge in [0.1, 0.15) is 0 Å². The lowest BCUT2D eigenvalue weighted by molar-refractivity contribution is -0.126. The predicted molar refractivity (Wildman–Crippen MR) is 200 cm³/mol. The van der Waals surface area contributed by atoms with Gasteiger partial charge >= 0.3 is 0 Å². The van der Waals surface area contributed by atoms with Gasteiger partial charge in [0.25, 0.3) is 12.4 Å². The van der Waals surface area contributed by atoms with Crippen molar-refractivity contribution < 1.29 is 19.1 Å². The van der Waals surface area contributed by atoms with Crippen LogP contribution >= 0.6 is 0 Å². The first-order valence-electron chi connectivity index (χ1n) is 15.3. The number of methoxy groups -OCH3 is 1. The molecule has 0 fully saturated rings. The Balaban J connectivity index is 0.00000145. The summed E-state index contributed by atoms with van der Waals surface area (Å²) in [5.41, 5.74) is 4.91. The molecule has 7 heteroatoms. The Morgan fingerprint density at radius 2 is 1.52 bits per heavy atom. The van der Waals surface area contributed by atoms with Crippen molar-refractivity contribution in [3.63, 3.8) is 0 Å². The molecule has 0 aliphatic rings. The zero-order valence-electron chi connectivity index (χ0n) is 28.0. The maximum absolute atomic E-state index is 12.5. The summed E-state index contributed by atoms with van der Waals surface area (Å²) in [4.78, 5) is 33.6.